The number of ether oxygens (including phenoxy) is 2. The van der Waals surface area contributed by atoms with Gasteiger partial charge in [0.15, 0.2) is 5.75 Å². The normalized spacial score (nSPS) is 11.7. The molecule has 2 aromatic rings. The van der Waals surface area contributed by atoms with Crippen LogP contribution in [0, 0.1) is 16.0 Å². The first-order chi connectivity index (χ1) is 12.9. The topological polar surface area (TPSA) is 90.7 Å². The summed E-state index contributed by atoms with van der Waals surface area (Å²) in [5.41, 5.74) is 0.916. The Kier molecular flexibility index (Phi) is 6.76. The first kappa shape index (κ1) is 20.2. The summed E-state index contributed by atoms with van der Waals surface area (Å²) in [4.78, 5) is 23.4. The van der Waals surface area contributed by atoms with E-state index >= 15 is 0 Å². The van der Waals surface area contributed by atoms with Gasteiger partial charge in [-0.2, -0.15) is 0 Å². The number of rotatable bonds is 8. The van der Waals surface area contributed by atoms with Crippen LogP contribution in [0.4, 0.5) is 5.69 Å². The minimum Gasteiger partial charge on any atom is -0.497 e. The molecule has 0 heterocycles. The maximum Gasteiger partial charge on any atom is 0.311 e. The van der Waals surface area contributed by atoms with Crippen LogP contribution in [0.1, 0.15) is 42.7 Å². The van der Waals surface area contributed by atoms with E-state index in [1.54, 1.807) is 14.0 Å². The minimum atomic E-state index is -0.550. The van der Waals surface area contributed by atoms with E-state index < -0.39 is 4.92 Å². The molecule has 0 radical (unpaired) electrons. The highest BCUT2D eigenvalue weighted by Crippen LogP contribution is 2.29. The van der Waals surface area contributed by atoms with E-state index in [0.29, 0.717) is 6.61 Å². The van der Waals surface area contributed by atoms with Crippen molar-refractivity contribution in [1.82, 2.24) is 5.32 Å². The van der Waals surface area contributed by atoms with Gasteiger partial charge in [0.1, 0.15) is 5.75 Å². The maximum atomic E-state index is 12.7. The van der Waals surface area contributed by atoms with Crippen LogP contribution in [0.5, 0.6) is 11.5 Å². The van der Waals surface area contributed by atoms with Crippen molar-refractivity contribution in [2.75, 3.05) is 13.7 Å². The quantitative estimate of drug-likeness (QED) is 0.556. The van der Waals surface area contributed by atoms with Gasteiger partial charge in [-0.25, -0.2) is 0 Å². The molecule has 0 saturated heterocycles. The summed E-state index contributed by atoms with van der Waals surface area (Å²) in [6, 6.07) is 11.4. The van der Waals surface area contributed by atoms with Gasteiger partial charge in [0.2, 0.25) is 0 Å². The molecule has 2 aromatic carbocycles. The largest absolute Gasteiger partial charge is 0.497 e. The molecular formula is C20H24N2O5. The highest BCUT2D eigenvalue weighted by atomic mass is 16.6. The zero-order valence-corrected chi connectivity index (χ0v) is 15.9. The number of nitro groups is 1. The fourth-order valence-corrected chi connectivity index (χ4v) is 2.75. The van der Waals surface area contributed by atoms with Gasteiger partial charge in [0, 0.05) is 11.6 Å². The predicted octanol–water partition coefficient (Wildman–Crippen LogP) is 4.13. The van der Waals surface area contributed by atoms with E-state index in [1.165, 1.54) is 18.2 Å². The fraction of sp³-hybridized carbons (Fsp3) is 0.350. The number of hydrogen-bond acceptors (Lipinski definition) is 5. The second kappa shape index (κ2) is 9.02. The standard InChI is InChI=1S/C20H24N2O5/c1-5-27-18-11-8-15(12-17(18)22(24)25)20(23)21-19(13(2)3)14-6-9-16(26-4)10-7-14/h6-13,19H,5H2,1-4H3,(H,21,23). The van der Waals surface area contributed by atoms with Gasteiger partial charge in [-0.15, -0.1) is 0 Å². The number of carbonyl (C=O) groups is 1. The number of carbonyl (C=O) groups excluding carboxylic acids is 1. The van der Waals surface area contributed by atoms with Crippen LogP contribution in [-0.4, -0.2) is 24.5 Å². The van der Waals surface area contributed by atoms with Gasteiger partial charge >= 0.3 is 5.69 Å². The van der Waals surface area contributed by atoms with Crippen molar-refractivity contribution in [3.05, 3.63) is 63.7 Å². The highest BCUT2D eigenvalue weighted by molar-refractivity contribution is 5.95. The molecule has 0 aliphatic rings. The van der Waals surface area contributed by atoms with Gasteiger partial charge in [-0.3, -0.25) is 14.9 Å². The van der Waals surface area contributed by atoms with Crippen LogP contribution in [0.25, 0.3) is 0 Å². The molecule has 7 nitrogen and oxygen atoms in total. The molecule has 0 bridgehead atoms. The van der Waals surface area contributed by atoms with Crippen LogP contribution >= 0.6 is 0 Å². The van der Waals surface area contributed by atoms with E-state index in [0.717, 1.165) is 11.3 Å². The van der Waals surface area contributed by atoms with Gasteiger partial charge in [-0.1, -0.05) is 26.0 Å². The molecular weight excluding hydrogens is 348 g/mol. The van der Waals surface area contributed by atoms with Gasteiger partial charge < -0.3 is 14.8 Å². The van der Waals surface area contributed by atoms with Gasteiger partial charge in [-0.05, 0) is 42.7 Å². The lowest BCUT2D eigenvalue weighted by atomic mass is 9.95. The number of nitro benzene ring substituents is 1. The van der Waals surface area contributed by atoms with Crippen molar-refractivity contribution in [3.8, 4) is 11.5 Å². The monoisotopic (exact) mass is 372 g/mol. The first-order valence-electron chi connectivity index (χ1n) is 8.73. The Balaban J connectivity index is 2.26. The lowest BCUT2D eigenvalue weighted by Crippen LogP contribution is -2.31. The lowest BCUT2D eigenvalue weighted by Gasteiger charge is -2.23. The minimum absolute atomic E-state index is 0.125. The third-order valence-corrected chi connectivity index (χ3v) is 4.15. The van der Waals surface area contributed by atoms with Gasteiger partial charge in [0.05, 0.1) is 24.7 Å². The SMILES string of the molecule is CCOc1ccc(C(=O)NC(c2ccc(OC)cc2)C(C)C)cc1[N+](=O)[O-]. The summed E-state index contributed by atoms with van der Waals surface area (Å²) in [6.45, 7) is 6.04. The summed E-state index contributed by atoms with van der Waals surface area (Å²) in [6.07, 6.45) is 0. The summed E-state index contributed by atoms with van der Waals surface area (Å²) in [7, 11) is 1.59. The zero-order valence-electron chi connectivity index (χ0n) is 15.9. The van der Waals surface area contributed by atoms with E-state index in [4.69, 9.17) is 9.47 Å². The van der Waals surface area contributed by atoms with Crippen LogP contribution in [0.2, 0.25) is 0 Å². The summed E-state index contributed by atoms with van der Waals surface area (Å²) in [5.74, 6) is 0.625. The molecule has 1 unspecified atom stereocenters. The van der Waals surface area contributed by atoms with Crippen molar-refractivity contribution in [2.24, 2.45) is 5.92 Å². The van der Waals surface area contributed by atoms with Crippen LogP contribution in [0.15, 0.2) is 42.5 Å². The highest BCUT2D eigenvalue weighted by Gasteiger charge is 2.22. The maximum absolute atomic E-state index is 12.7. The van der Waals surface area contributed by atoms with Crippen LogP contribution < -0.4 is 14.8 Å². The molecule has 1 amide bonds. The second-order valence-corrected chi connectivity index (χ2v) is 6.34. The number of hydrogen-bond donors (Lipinski definition) is 1. The number of methoxy groups -OCH3 is 1. The number of nitrogens with zero attached hydrogens (tertiary/aromatic N) is 1. The smallest absolute Gasteiger partial charge is 0.311 e. The Morgan fingerprint density at radius 3 is 2.37 bits per heavy atom. The summed E-state index contributed by atoms with van der Waals surface area (Å²) >= 11 is 0. The molecule has 0 saturated carbocycles. The Morgan fingerprint density at radius 1 is 1.19 bits per heavy atom. The van der Waals surface area contributed by atoms with E-state index in [1.807, 2.05) is 38.1 Å². The summed E-state index contributed by atoms with van der Waals surface area (Å²) < 4.78 is 10.4. The Labute approximate surface area is 158 Å². The average Bonchev–Trinajstić information content (AvgIpc) is 2.66. The molecule has 0 spiro atoms. The van der Waals surface area contributed by atoms with Crippen LogP contribution in [0.3, 0.4) is 0 Å². The molecule has 0 aromatic heterocycles. The van der Waals surface area contributed by atoms with Gasteiger partial charge in [0.25, 0.3) is 5.91 Å². The second-order valence-electron chi connectivity index (χ2n) is 6.34. The molecule has 1 atom stereocenters. The average molecular weight is 372 g/mol. The molecule has 1 N–H and O–H groups in total. The van der Waals surface area contributed by atoms with Crippen molar-refractivity contribution >= 4 is 11.6 Å². The van der Waals surface area contributed by atoms with E-state index in [-0.39, 0.29) is 34.9 Å². The van der Waals surface area contributed by atoms with E-state index in [9.17, 15) is 14.9 Å². The molecule has 7 heteroatoms. The molecule has 2 rings (SSSR count). The van der Waals surface area contributed by atoms with Crippen molar-refractivity contribution in [1.29, 1.82) is 0 Å². The lowest BCUT2D eigenvalue weighted by molar-refractivity contribution is -0.385. The molecule has 0 fully saturated rings. The van der Waals surface area contributed by atoms with Crippen molar-refractivity contribution in [3.63, 3.8) is 0 Å². The number of nitrogens with one attached hydrogen (secondary N) is 1. The number of benzene rings is 2. The molecule has 27 heavy (non-hydrogen) atoms. The molecule has 144 valence electrons. The third-order valence-electron chi connectivity index (χ3n) is 4.15. The number of amides is 1. The van der Waals surface area contributed by atoms with Crippen molar-refractivity contribution in [2.45, 2.75) is 26.8 Å². The first-order valence-corrected chi connectivity index (χ1v) is 8.73. The van der Waals surface area contributed by atoms with Crippen LogP contribution in [-0.2, 0) is 0 Å². The molecule has 0 aliphatic carbocycles. The fourth-order valence-electron chi connectivity index (χ4n) is 2.75. The Bertz CT molecular complexity index is 803. The Morgan fingerprint density at radius 2 is 1.85 bits per heavy atom. The summed E-state index contributed by atoms with van der Waals surface area (Å²) in [5, 5.41) is 14.2. The van der Waals surface area contributed by atoms with Crippen molar-refractivity contribution < 1.29 is 19.2 Å². The predicted molar refractivity (Wildman–Crippen MR) is 102 cm³/mol. The molecule has 0 aliphatic heterocycles. The third kappa shape index (κ3) is 4.97. The zero-order chi connectivity index (χ0) is 20.0. The Hall–Kier alpha value is -3.09. The van der Waals surface area contributed by atoms with E-state index in [2.05, 4.69) is 5.32 Å².